The van der Waals surface area contributed by atoms with Gasteiger partial charge in [0.15, 0.2) is 0 Å². The first-order valence-corrected chi connectivity index (χ1v) is 11.8. The third kappa shape index (κ3) is 8.68. The van der Waals surface area contributed by atoms with Crippen molar-refractivity contribution in [2.45, 2.75) is 83.4 Å². The normalized spacial score (nSPS) is 22.0. The fraction of sp³-hybridized carbons (Fsp3) is 0.640. The van der Waals surface area contributed by atoms with Crippen LogP contribution in [-0.4, -0.2) is 54.3 Å². The third-order valence-electron chi connectivity index (χ3n) is 6.13. The molecule has 2 atom stereocenters. The SMILES string of the molecule is CCCCOC(=O)[C@H](Cc1ccc(OC)cc1)NC(=O)[C@@H](C)NC(=O)[C@H]1CC[C@](C)(O)CC1. The summed E-state index contributed by atoms with van der Waals surface area (Å²) < 4.78 is 10.5. The van der Waals surface area contributed by atoms with E-state index in [0.29, 0.717) is 38.0 Å². The summed E-state index contributed by atoms with van der Waals surface area (Å²) >= 11 is 0. The highest BCUT2D eigenvalue weighted by molar-refractivity contribution is 5.91. The zero-order valence-corrected chi connectivity index (χ0v) is 20.2. The summed E-state index contributed by atoms with van der Waals surface area (Å²) in [7, 11) is 1.58. The molecule has 1 aromatic carbocycles. The summed E-state index contributed by atoms with van der Waals surface area (Å²) in [6, 6.07) is 5.58. The van der Waals surface area contributed by atoms with Crippen molar-refractivity contribution in [1.29, 1.82) is 0 Å². The molecule has 184 valence electrons. The standard InChI is InChI=1S/C25H38N2O6/c1-5-6-15-33-24(30)21(16-18-7-9-20(32-4)10-8-18)27-22(28)17(2)26-23(29)19-11-13-25(3,31)14-12-19/h7-10,17,19,21,31H,5-6,11-16H2,1-4H3,(H,26,29)(H,27,28)/t17-,19-,21+,25-/m1/s1. The fourth-order valence-corrected chi connectivity index (χ4v) is 3.80. The Morgan fingerprint density at radius 3 is 2.36 bits per heavy atom. The molecule has 0 saturated heterocycles. The van der Waals surface area contributed by atoms with Crippen LogP contribution in [0.5, 0.6) is 5.75 Å². The molecule has 2 rings (SSSR count). The Morgan fingerprint density at radius 2 is 1.79 bits per heavy atom. The lowest BCUT2D eigenvalue weighted by Crippen LogP contribution is -2.52. The van der Waals surface area contributed by atoms with Crippen molar-refractivity contribution in [3.8, 4) is 5.75 Å². The summed E-state index contributed by atoms with van der Waals surface area (Å²) in [5.74, 6) is -0.678. The number of ether oxygens (including phenoxy) is 2. The van der Waals surface area contributed by atoms with Crippen molar-refractivity contribution in [3.05, 3.63) is 29.8 Å². The van der Waals surface area contributed by atoms with E-state index in [1.165, 1.54) is 0 Å². The average Bonchev–Trinajstić information content (AvgIpc) is 2.78. The van der Waals surface area contributed by atoms with E-state index in [9.17, 15) is 19.5 Å². The number of carbonyl (C=O) groups is 3. The molecule has 1 aromatic rings. The van der Waals surface area contributed by atoms with Crippen LogP contribution in [0.15, 0.2) is 24.3 Å². The molecule has 2 amide bonds. The van der Waals surface area contributed by atoms with Crippen LogP contribution in [-0.2, 0) is 25.5 Å². The molecule has 0 unspecified atom stereocenters. The summed E-state index contributed by atoms with van der Waals surface area (Å²) in [5.41, 5.74) is 0.117. The molecule has 33 heavy (non-hydrogen) atoms. The minimum Gasteiger partial charge on any atom is -0.497 e. The third-order valence-corrected chi connectivity index (χ3v) is 6.13. The van der Waals surface area contributed by atoms with Crippen LogP contribution in [0.25, 0.3) is 0 Å². The Kier molecular flexibility index (Phi) is 10.2. The van der Waals surface area contributed by atoms with Gasteiger partial charge in [-0.2, -0.15) is 0 Å². The van der Waals surface area contributed by atoms with Crippen molar-refractivity contribution in [3.63, 3.8) is 0 Å². The highest BCUT2D eigenvalue weighted by Gasteiger charge is 2.33. The highest BCUT2D eigenvalue weighted by Crippen LogP contribution is 2.31. The Labute approximate surface area is 196 Å². The number of aliphatic hydroxyl groups is 1. The number of rotatable bonds is 11. The minimum absolute atomic E-state index is 0.203. The van der Waals surface area contributed by atoms with Gasteiger partial charge in [-0.25, -0.2) is 4.79 Å². The zero-order chi connectivity index (χ0) is 24.4. The number of hydrogen-bond donors (Lipinski definition) is 3. The molecule has 0 bridgehead atoms. The molecular weight excluding hydrogens is 424 g/mol. The van der Waals surface area contributed by atoms with Crippen LogP contribution in [0.2, 0.25) is 0 Å². The first-order valence-electron chi connectivity index (χ1n) is 11.8. The van der Waals surface area contributed by atoms with Gasteiger partial charge in [0.1, 0.15) is 17.8 Å². The highest BCUT2D eigenvalue weighted by atomic mass is 16.5. The van der Waals surface area contributed by atoms with E-state index in [0.717, 1.165) is 18.4 Å². The van der Waals surface area contributed by atoms with E-state index >= 15 is 0 Å². The van der Waals surface area contributed by atoms with Crippen LogP contribution in [0.3, 0.4) is 0 Å². The largest absolute Gasteiger partial charge is 0.497 e. The van der Waals surface area contributed by atoms with Gasteiger partial charge >= 0.3 is 5.97 Å². The Bertz CT molecular complexity index is 783. The predicted molar refractivity (Wildman–Crippen MR) is 125 cm³/mol. The van der Waals surface area contributed by atoms with Crippen molar-refractivity contribution in [2.24, 2.45) is 5.92 Å². The number of amides is 2. The number of hydrogen-bond acceptors (Lipinski definition) is 6. The van der Waals surface area contributed by atoms with E-state index in [1.54, 1.807) is 33.1 Å². The number of esters is 1. The van der Waals surface area contributed by atoms with Gasteiger partial charge in [-0.3, -0.25) is 9.59 Å². The lowest BCUT2D eigenvalue weighted by molar-refractivity contribution is -0.148. The van der Waals surface area contributed by atoms with Crippen LogP contribution >= 0.6 is 0 Å². The maximum Gasteiger partial charge on any atom is 0.328 e. The molecule has 8 heteroatoms. The van der Waals surface area contributed by atoms with E-state index < -0.39 is 29.6 Å². The van der Waals surface area contributed by atoms with Gasteiger partial charge in [-0.1, -0.05) is 25.5 Å². The number of methoxy groups -OCH3 is 1. The van der Waals surface area contributed by atoms with Gasteiger partial charge in [0.05, 0.1) is 19.3 Å². The monoisotopic (exact) mass is 462 g/mol. The molecular formula is C25H38N2O6. The molecule has 8 nitrogen and oxygen atoms in total. The van der Waals surface area contributed by atoms with Crippen LogP contribution in [0.1, 0.15) is 64.9 Å². The van der Waals surface area contributed by atoms with Gasteiger partial charge in [0.2, 0.25) is 11.8 Å². The van der Waals surface area contributed by atoms with E-state index in [1.807, 2.05) is 19.1 Å². The van der Waals surface area contributed by atoms with Crippen LogP contribution in [0, 0.1) is 5.92 Å². The quantitative estimate of drug-likeness (QED) is 0.344. The molecule has 0 aliphatic heterocycles. The molecule has 1 saturated carbocycles. The van der Waals surface area contributed by atoms with E-state index in [2.05, 4.69) is 10.6 Å². The molecule has 3 N–H and O–H groups in total. The second kappa shape index (κ2) is 12.6. The number of nitrogens with one attached hydrogen (secondary N) is 2. The van der Waals surface area contributed by atoms with Crippen LogP contribution in [0.4, 0.5) is 0 Å². The number of carbonyl (C=O) groups excluding carboxylic acids is 3. The van der Waals surface area contributed by atoms with E-state index in [4.69, 9.17) is 9.47 Å². The molecule has 1 fully saturated rings. The van der Waals surface area contributed by atoms with Gasteiger partial charge in [0.25, 0.3) is 0 Å². The Morgan fingerprint density at radius 1 is 1.15 bits per heavy atom. The average molecular weight is 463 g/mol. The smallest absolute Gasteiger partial charge is 0.328 e. The minimum atomic E-state index is -0.869. The summed E-state index contributed by atoms with van der Waals surface area (Å²) in [4.78, 5) is 38.1. The molecule has 0 aromatic heterocycles. The Hall–Kier alpha value is -2.61. The number of unbranched alkanes of at least 4 members (excludes halogenated alkanes) is 1. The second-order valence-electron chi connectivity index (χ2n) is 9.14. The van der Waals surface area contributed by atoms with Crippen molar-refractivity contribution >= 4 is 17.8 Å². The Balaban J connectivity index is 1.98. The number of benzene rings is 1. The first-order chi connectivity index (χ1) is 15.6. The predicted octanol–water partition coefficient (Wildman–Crippen LogP) is 2.51. The van der Waals surface area contributed by atoms with Gasteiger partial charge < -0.3 is 25.2 Å². The topological polar surface area (TPSA) is 114 Å². The lowest BCUT2D eigenvalue weighted by Gasteiger charge is -2.32. The summed E-state index contributed by atoms with van der Waals surface area (Å²) in [6.45, 7) is 5.67. The fourth-order valence-electron chi connectivity index (χ4n) is 3.80. The van der Waals surface area contributed by atoms with Gasteiger partial charge in [-0.05, 0) is 63.6 Å². The van der Waals surface area contributed by atoms with Crippen molar-refractivity contribution in [2.75, 3.05) is 13.7 Å². The first kappa shape index (κ1) is 26.6. The van der Waals surface area contributed by atoms with Gasteiger partial charge in [-0.15, -0.1) is 0 Å². The summed E-state index contributed by atoms with van der Waals surface area (Å²) in [5, 5.41) is 15.6. The second-order valence-corrected chi connectivity index (χ2v) is 9.14. The van der Waals surface area contributed by atoms with E-state index in [-0.39, 0.29) is 18.2 Å². The van der Waals surface area contributed by atoms with Crippen LogP contribution < -0.4 is 15.4 Å². The molecule has 1 aliphatic rings. The maximum atomic E-state index is 12.8. The maximum absolute atomic E-state index is 12.8. The molecule has 0 spiro atoms. The summed E-state index contributed by atoms with van der Waals surface area (Å²) in [6.07, 6.45) is 4.17. The van der Waals surface area contributed by atoms with Crippen molar-refractivity contribution in [1.82, 2.24) is 10.6 Å². The van der Waals surface area contributed by atoms with Gasteiger partial charge in [0, 0.05) is 12.3 Å². The molecule has 1 aliphatic carbocycles. The lowest BCUT2D eigenvalue weighted by atomic mass is 9.79. The van der Waals surface area contributed by atoms with Crippen molar-refractivity contribution < 1.29 is 29.0 Å². The molecule has 0 heterocycles. The zero-order valence-electron chi connectivity index (χ0n) is 20.2. The molecule has 0 radical (unpaired) electrons.